The third-order valence-electron chi connectivity index (χ3n) is 3.94. The van der Waals surface area contributed by atoms with Gasteiger partial charge in [0.1, 0.15) is 11.6 Å². The number of aryl methyl sites for hydroxylation is 1. The van der Waals surface area contributed by atoms with Crippen molar-refractivity contribution in [1.29, 1.82) is 0 Å². The van der Waals surface area contributed by atoms with Gasteiger partial charge in [-0.25, -0.2) is 9.37 Å². The van der Waals surface area contributed by atoms with Gasteiger partial charge >= 0.3 is 0 Å². The van der Waals surface area contributed by atoms with Crippen molar-refractivity contribution in [1.82, 2.24) is 9.97 Å². The van der Waals surface area contributed by atoms with E-state index in [1.807, 2.05) is 55.3 Å². The number of para-hydroxylation sites is 1. The summed E-state index contributed by atoms with van der Waals surface area (Å²) < 4.78 is 12.9. The molecule has 1 N–H and O–H groups in total. The van der Waals surface area contributed by atoms with E-state index in [0.717, 1.165) is 29.2 Å². The molecule has 128 valence electrons. The Bertz CT molecular complexity index is 819. The summed E-state index contributed by atoms with van der Waals surface area (Å²) >= 11 is 0. The number of rotatable bonds is 6. The van der Waals surface area contributed by atoms with Gasteiger partial charge in [0, 0.05) is 31.0 Å². The molecule has 0 amide bonds. The summed E-state index contributed by atoms with van der Waals surface area (Å²) in [5.74, 6) is 1.22. The van der Waals surface area contributed by atoms with Crippen LogP contribution in [0.15, 0.2) is 60.7 Å². The molecule has 4 nitrogen and oxygen atoms in total. The Balaban J connectivity index is 1.68. The van der Waals surface area contributed by atoms with Crippen LogP contribution in [0.25, 0.3) is 0 Å². The van der Waals surface area contributed by atoms with Crippen LogP contribution in [0, 0.1) is 12.7 Å². The highest BCUT2D eigenvalue weighted by molar-refractivity contribution is 5.60. The van der Waals surface area contributed by atoms with Crippen molar-refractivity contribution in [3.8, 4) is 0 Å². The molecule has 0 aliphatic heterocycles. The van der Waals surface area contributed by atoms with Crippen LogP contribution < -0.4 is 10.2 Å². The molecule has 0 unspecified atom stereocenters. The van der Waals surface area contributed by atoms with Gasteiger partial charge < -0.3 is 10.2 Å². The summed E-state index contributed by atoms with van der Waals surface area (Å²) in [7, 11) is 1.99. The largest absolute Gasteiger partial charge is 0.354 e. The first-order valence-corrected chi connectivity index (χ1v) is 8.24. The Morgan fingerprint density at radius 3 is 2.44 bits per heavy atom. The highest BCUT2D eigenvalue weighted by atomic mass is 19.1. The van der Waals surface area contributed by atoms with Crippen LogP contribution in [-0.4, -0.2) is 23.6 Å². The molecule has 25 heavy (non-hydrogen) atoms. The van der Waals surface area contributed by atoms with Crippen molar-refractivity contribution in [3.63, 3.8) is 0 Å². The van der Waals surface area contributed by atoms with Crippen LogP contribution in [0.2, 0.25) is 0 Å². The molecule has 0 saturated heterocycles. The molecule has 0 atom stereocenters. The van der Waals surface area contributed by atoms with Gasteiger partial charge in [0.2, 0.25) is 5.95 Å². The van der Waals surface area contributed by atoms with Crippen molar-refractivity contribution < 1.29 is 4.39 Å². The second-order valence-electron chi connectivity index (χ2n) is 5.89. The van der Waals surface area contributed by atoms with Crippen molar-refractivity contribution in [3.05, 3.63) is 77.7 Å². The zero-order chi connectivity index (χ0) is 17.6. The molecule has 5 heteroatoms. The molecule has 3 rings (SSSR count). The summed E-state index contributed by atoms with van der Waals surface area (Å²) in [5.41, 5.74) is 3.04. The highest BCUT2D eigenvalue weighted by Gasteiger charge is 2.08. The summed E-state index contributed by atoms with van der Waals surface area (Å²) in [6, 6.07) is 18.6. The monoisotopic (exact) mass is 336 g/mol. The zero-order valence-electron chi connectivity index (χ0n) is 14.4. The van der Waals surface area contributed by atoms with Crippen LogP contribution in [0.1, 0.15) is 11.3 Å². The first kappa shape index (κ1) is 16.9. The van der Waals surface area contributed by atoms with Crippen LogP contribution in [0.4, 0.5) is 21.8 Å². The lowest BCUT2D eigenvalue weighted by Gasteiger charge is -2.19. The number of hydrogen-bond donors (Lipinski definition) is 1. The highest BCUT2D eigenvalue weighted by Crippen LogP contribution is 2.22. The number of nitrogens with zero attached hydrogens (tertiary/aromatic N) is 3. The number of anilines is 3. The molecular weight excluding hydrogens is 315 g/mol. The fourth-order valence-corrected chi connectivity index (χ4v) is 2.56. The van der Waals surface area contributed by atoms with Crippen molar-refractivity contribution >= 4 is 17.5 Å². The average Bonchev–Trinajstić information content (AvgIpc) is 2.63. The fraction of sp³-hybridized carbons (Fsp3) is 0.200. The lowest BCUT2D eigenvalue weighted by molar-refractivity contribution is 0.627. The number of benzene rings is 2. The van der Waals surface area contributed by atoms with Gasteiger partial charge in [-0.15, -0.1) is 0 Å². The smallest absolute Gasteiger partial charge is 0.224 e. The van der Waals surface area contributed by atoms with E-state index in [0.29, 0.717) is 12.5 Å². The molecule has 0 bridgehead atoms. The van der Waals surface area contributed by atoms with Crippen LogP contribution >= 0.6 is 0 Å². The molecule has 3 aromatic rings. The van der Waals surface area contributed by atoms with Crippen LogP contribution in [-0.2, 0) is 6.42 Å². The third kappa shape index (κ3) is 4.53. The fourth-order valence-electron chi connectivity index (χ4n) is 2.56. The number of aromatic nitrogens is 2. The molecule has 0 aliphatic carbocycles. The van der Waals surface area contributed by atoms with E-state index in [9.17, 15) is 4.39 Å². The minimum absolute atomic E-state index is 0.215. The lowest BCUT2D eigenvalue weighted by Crippen LogP contribution is -2.14. The van der Waals surface area contributed by atoms with Gasteiger partial charge in [0.15, 0.2) is 0 Å². The van der Waals surface area contributed by atoms with E-state index in [1.165, 1.54) is 12.1 Å². The summed E-state index contributed by atoms with van der Waals surface area (Å²) in [6.45, 7) is 2.64. The van der Waals surface area contributed by atoms with Crippen LogP contribution in [0.3, 0.4) is 0 Å². The van der Waals surface area contributed by atoms with Gasteiger partial charge in [-0.1, -0.05) is 30.3 Å². The minimum atomic E-state index is -0.215. The first-order valence-electron chi connectivity index (χ1n) is 8.24. The van der Waals surface area contributed by atoms with Crippen molar-refractivity contribution in [2.24, 2.45) is 0 Å². The number of halogens is 1. The van der Waals surface area contributed by atoms with Crippen molar-refractivity contribution in [2.75, 3.05) is 23.8 Å². The third-order valence-corrected chi connectivity index (χ3v) is 3.94. The molecule has 0 fully saturated rings. The van der Waals surface area contributed by atoms with E-state index >= 15 is 0 Å². The number of nitrogens with one attached hydrogen (secondary N) is 1. The Morgan fingerprint density at radius 2 is 1.72 bits per heavy atom. The minimum Gasteiger partial charge on any atom is -0.354 e. The molecule has 1 aromatic heterocycles. The van der Waals surface area contributed by atoms with E-state index in [1.54, 1.807) is 12.1 Å². The van der Waals surface area contributed by atoms with Gasteiger partial charge in [0.25, 0.3) is 0 Å². The van der Waals surface area contributed by atoms with Crippen molar-refractivity contribution in [2.45, 2.75) is 13.3 Å². The molecule has 0 saturated carbocycles. The lowest BCUT2D eigenvalue weighted by atomic mass is 10.1. The Hall–Kier alpha value is -2.95. The summed E-state index contributed by atoms with van der Waals surface area (Å²) in [4.78, 5) is 11.1. The topological polar surface area (TPSA) is 41.1 Å². The van der Waals surface area contributed by atoms with E-state index in [2.05, 4.69) is 15.3 Å². The summed E-state index contributed by atoms with van der Waals surface area (Å²) in [6.07, 6.45) is 0.779. The SMILES string of the molecule is Cc1cc(N(C)c2ccccc2)nc(NCCc2ccc(F)cc2)n1. The van der Waals surface area contributed by atoms with E-state index in [-0.39, 0.29) is 5.82 Å². The van der Waals surface area contributed by atoms with Gasteiger partial charge in [-0.2, -0.15) is 4.98 Å². The molecular formula is C20H21FN4. The standard InChI is InChI=1S/C20H21FN4/c1-15-14-19(25(2)18-6-4-3-5-7-18)24-20(23-15)22-13-12-16-8-10-17(21)11-9-16/h3-11,14H,12-13H2,1-2H3,(H,22,23,24). The Morgan fingerprint density at radius 1 is 1.00 bits per heavy atom. The second kappa shape index (κ2) is 7.75. The second-order valence-corrected chi connectivity index (χ2v) is 5.89. The predicted molar refractivity (Wildman–Crippen MR) is 99.9 cm³/mol. The zero-order valence-corrected chi connectivity index (χ0v) is 14.4. The van der Waals surface area contributed by atoms with Gasteiger partial charge in [-0.3, -0.25) is 0 Å². The Kier molecular flexibility index (Phi) is 5.23. The van der Waals surface area contributed by atoms with Gasteiger partial charge in [-0.05, 0) is 43.2 Å². The maximum absolute atomic E-state index is 12.9. The van der Waals surface area contributed by atoms with E-state index < -0.39 is 0 Å². The average molecular weight is 336 g/mol. The maximum Gasteiger partial charge on any atom is 0.224 e. The molecule has 0 spiro atoms. The Labute approximate surface area is 147 Å². The number of hydrogen-bond acceptors (Lipinski definition) is 4. The quantitative estimate of drug-likeness (QED) is 0.727. The van der Waals surface area contributed by atoms with Gasteiger partial charge in [0.05, 0.1) is 0 Å². The molecule has 2 aromatic carbocycles. The summed E-state index contributed by atoms with van der Waals surface area (Å²) in [5, 5.41) is 3.25. The first-order chi connectivity index (χ1) is 12.1. The normalized spacial score (nSPS) is 10.5. The maximum atomic E-state index is 12.9. The predicted octanol–water partition coefficient (Wildman–Crippen LogP) is 4.35. The van der Waals surface area contributed by atoms with E-state index in [4.69, 9.17) is 0 Å². The molecule has 0 aliphatic rings. The molecule has 1 heterocycles. The molecule has 0 radical (unpaired) electrons. The van der Waals surface area contributed by atoms with Crippen LogP contribution in [0.5, 0.6) is 0 Å².